The Morgan fingerprint density at radius 3 is 3.05 bits per heavy atom. The number of hydrogen-bond acceptors (Lipinski definition) is 2. The predicted octanol–water partition coefficient (Wildman–Crippen LogP) is 3.56. The van der Waals surface area contributed by atoms with Crippen LogP contribution in [0.1, 0.15) is 18.9 Å². The zero-order chi connectivity index (χ0) is 13.4. The largest absolute Gasteiger partial charge is 0.465 e. The number of H-pyrrole nitrogens is 1. The Morgan fingerprint density at radius 1 is 1.53 bits per heavy atom. The van der Waals surface area contributed by atoms with Crippen molar-refractivity contribution in [3.05, 3.63) is 35.0 Å². The van der Waals surface area contributed by atoms with Gasteiger partial charge in [0.15, 0.2) is 0 Å². The van der Waals surface area contributed by atoms with E-state index in [9.17, 15) is 4.79 Å². The number of nitrogens with one attached hydrogen (secondary N) is 1. The van der Waals surface area contributed by atoms with Gasteiger partial charge in [-0.3, -0.25) is 4.79 Å². The van der Waals surface area contributed by atoms with Gasteiger partial charge >= 0.3 is 5.97 Å². The van der Waals surface area contributed by atoms with Gasteiger partial charge in [0.05, 0.1) is 13.0 Å². The van der Waals surface area contributed by atoms with Crippen molar-refractivity contribution in [2.24, 2.45) is 11.8 Å². The lowest BCUT2D eigenvalue weighted by molar-refractivity contribution is -0.143. The highest BCUT2D eigenvalue weighted by Gasteiger charge is 2.33. The van der Waals surface area contributed by atoms with E-state index in [2.05, 4.69) is 11.9 Å². The molecule has 1 aliphatic rings. The summed E-state index contributed by atoms with van der Waals surface area (Å²) in [5.41, 5.74) is 1.91. The van der Waals surface area contributed by atoms with E-state index in [1.807, 2.05) is 24.4 Å². The van der Waals surface area contributed by atoms with Crippen molar-refractivity contribution in [2.75, 3.05) is 6.61 Å². The number of carbonyl (C=O) groups excluding carboxylic acids is 1. The molecule has 1 aromatic carbocycles. The first-order valence-corrected chi connectivity index (χ1v) is 6.92. The maximum absolute atomic E-state index is 11.8. The van der Waals surface area contributed by atoms with Gasteiger partial charge in [-0.15, -0.1) is 0 Å². The number of rotatable bonds is 4. The quantitative estimate of drug-likeness (QED) is 0.868. The molecule has 4 heteroatoms. The van der Waals surface area contributed by atoms with Gasteiger partial charge in [-0.2, -0.15) is 0 Å². The standard InChI is InChI=1S/C15H16ClNO2/c1-9-4-11(9)8-19-15(18)5-10-7-17-14-6-12(16)2-3-13(10)14/h2-3,6-7,9,11,17H,4-5,8H2,1H3. The highest BCUT2D eigenvalue weighted by atomic mass is 35.5. The van der Waals surface area contributed by atoms with Crippen molar-refractivity contribution >= 4 is 28.5 Å². The summed E-state index contributed by atoms with van der Waals surface area (Å²) in [6.45, 7) is 2.75. The second-order valence-electron chi connectivity index (χ2n) is 5.34. The summed E-state index contributed by atoms with van der Waals surface area (Å²) >= 11 is 5.93. The third kappa shape index (κ3) is 2.76. The second-order valence-corrected chi connectivity index (χ2v) is 5.77. The number of ether oxygens (including phenoxy) is 1. The van der Waals surface area contributed by atoms with Crippen molar-refractivity contribution in [1.82, 2.24) is 4.98 Å². The summed E-state index contributed by atoms with van der Waals surface area (Å²) in [6, 6.07) is 5.62. The monoisotopic (exact) mass is 277 g/mol. The van der Waals surface area contributed by atoms with E-state index >= 15 is 0 Å². The molecule has 1 fully saturated rings. The maximum atomic E-state index is 11.8. The Hall–Kier alpha value is -1.48. The van der Waals surface area contributed by atoms with Crippen LogP contribution < -0.4 is 0 Å². The van der Waals surface area contributed by atoms with E-state index in [-0.39, 0.29) is 5.97 Å². The molecule has 1 aliphatic carbocycles. The molecule has 2 aromatic rings. The van der Waals surface area contributed by atoms with E-state index < -0.39 is 0 Å². The van der Waals surface area contributed by atoms with Crippen LogP contribution >= 0.6 is 11.6 Å². The average Bonchev–Trinajstić information content (AvgIpc) is 2.95. The summed E-state index contributed by atoms with van der Waals surface area (Å²) in [5.74, 6) is 1.13. The maximum Gasteiger partial charge on any atom is 0.310 e. The van der Waals surface area contributed by atoms with Crippen LogP contribution in [-0.4, -0.2) is 17.6 Å². The van der Waals surface area contributed by atoms with Gasteiger partial charge < -0.3 is 9.72 Å². The van der Waals surface area contributed by atoms with Gasteiger partial charge in [0.1, 0.15) is 0 Å². The molecule has 2 unspecified atom stereocenters. The van der Waals surface area contributed by atoms with Crippen LogP contribution in [0.5, 0.6) is 0 Å². The Labute approximate surface area is 116 Å². The minimum Gasteiger partial charge on any atom is -0.465 e. The first-order valence-electron chi connectivity index (χ1n) is 6.54. The minimum atomic E-state index is -0.157. The molecule has 0 spiro atoms. The SMILES string of the molecule is CC1CC1COC(=O)Cc1c[nH]c2cc(Cl)ccc12. The Bertz CT molecular complexity index is 620. The third-order valence-electron chi connectivity index (χ3n) is 3.80. The minimum absolute atomic E-state index is 0.157. The first kappa shape index (κ1) is 12.5. The van der Waals surface area contributed by atoms with Gasteiger partial charge in [0.25, 0.3) is 0 Å². The number of aromatic nitrogens is 1. The van der Waals surface area contributed by atoms with Crippen LogP contribution in [0.15, 0.2) is 24.4 Å². The van der Waals surface area contributed by atoms with Gasteiger partial charge in [0.2, 0.25) is 0 Å². The van der Waals surface area contributed by atoms with Crippen molar-refractivity contribution in [3.8, 4) is 0 Å². The van der Waals surface area contributed by atoms with Crippen LogP contribution in [0.3, 0.4) is 0 Å². The molecular formula is C15H16ClNO2. The molecule has 100 valence electrons. The summed E-state index contributed by atoms with van der Waals surface area (Å²) in [6.07, 6.45) is 3.34. The molecule has 1 heterocycles. The fraction of sp³-hybridized carbons (Fsp3) is 0.400. The van der Waals surface area contributed by atoms with E-state index in [0.717, 1.165) is 16.5 Å². The predicted molar refractivity (Wildman–Crippen MR) is 75.2 cm³/mol. The number of esters is 1. The number of fused-ring (bicyclic) bond motifs is 1. The Kier molecular flexibility index (Phi) is 3.23. The smallest absolute Gasteiger partial charge is 0.310 e. The normalized spacial score (nSPS) is 21.6. The highest BCUT2D eigenvalue weighted by Crippen LogP contribution is 2.37. The molecule has 0 radical (unpaired) electrons. The molecule has 0 saturated heterocycles. The Morgan fingerprint density at radius 2 is 2.32 bits per heavy atom. The number of benzene rings is 1. The molecule has 0 amide bonds. The number of halogens is 1. The van der Waals surface area contributed by atoms with E-state index in [1.165, 1.54) is 6.42 Å². The van der Waals surface area contributed by atoms with E-state index in [1.54, 1.807) is 0 Å². The fourth-order valence-electron chi connectivity index (χ4n) is 2.34. The molecule has 19 heavy (non-hydrogen) atoms. The number of carbonyl (C=O) groups is 1. The van der Waals surface area contributed by atoms with Gasteiger partial charge in [0, 0.05) is 22.1 Å². The van der Waals surface area contributed by atoms with Gasteiger partial charge in [-0.25, -0.2) is 0 Å². The zero-order valence-corrected chi connectivity index (χ0v) is 11.5. The van der Waals surface area contributed by atoms with Crippen molar-refractivity contribution < 1.29 is 9.53 Å². The van der Waals surface area contributed by atoms with Gasteiger partial charge in [-0.1, -0.05) is 24.6 Å². The second kappa shape index (κ2) is 4.89. The van der Waals surface area contributed by atoms with Crippen LogP contribution in [0.25, 0.3) is 10.9 Å². The number of hydrogen-bond donors (Lipinski definition) is 1. The van der Waals surface area contributed by atoms with Crippen molar-refractivity contribution in [3.63, 3.8) is 0 Å². The van der Waals surface area contributed by atoms with Crippen LogP contribution in [0, 0.1) is 11.8 Å². The van der Waals surface area contributed by atoms with Crippen molar-refractivity contribution in [1.29, 1.82) is 0 Å². The summed E-state index contributed by atoms with van der Waals surface area (Å²) in [4.78, 5) is 14.9. The molecule has 1 saturated carbocycles. The topological polar surface area (TPSA) is 42.1 Å². The summed E-state index contributed by atoms with van der Waals surface area (Å²) in [7, 11) is 0. The third-order valence-corrected chi connectivity index (χ3v) is 4.03. The molecule has 0 bridgehead atoms. The lowest BCUT2D eigenvalue weighted by atomic mass is 10.1. The number of aromatic amines is 1. The average molecular weight is 278 g/mol. The Balaban J connectivity index is 1.65. The summed E-state index contributed by atoms with van der Waals surface area (Å²) < 4.78 is 5.30. The molecule has 1 aromatic heterocycles. The lowest BCUT2D eigenvalue weighted by Gasteiger charge is -2.03. The molecule has 2 atom stereocenters. The van der Waals surface area contributed by atoms with Crippen LogP contribution in [-0.2, 0) is 16.0 Å². The van der Waals surface area contributed by atoms with Crippen LogP contribution in [0.2, 0.25) is 5.02 Å². The van der Waals surface area contributed by atoms with E-state index in [0.29, 0.717) is 29.9 Å². The first-order chi connectivity index (χ1) is 9.13. The molecular weight excluding hydrogens is 262 g/mol. The van der Waals surface area contributed by atoms with E-state index in [4.69, 9.17) is 16.3 Å². The zero-order valence-electron chi connectivity index (χ0n) is 10.8. The lowest BCUT2D eigenvalue weighted by Crippen LogP contribution is -2.10. The van der Waals surface area contributed by atoms with Crippen molar-refractivity contribution in [2.45, 2.75) is 19.8 Å². The molecule has 0 aliphatic heterocycles. The summed E-state index contributed by atoms with van der Waals surface area (Å²) in [5, 5.41) is 1.72. The van der Waals surface area contributed by atoms with Crippen LogP contribution in [0.4, 0.5) is 0 Å². The highest BCUT2D eigenvalue weighted by molar-refractivity contribution is 6.31. The molecule has 1 N–H and O–H groups in total. The molecule has 3 nitrogen and oxygen atoms in total. The fourth-order valence-corrected chi connectivity index (χ4v) is 2.51. The molecule has 3 rings (SSSR count). The van der Waals surface area contributed by atoms with Gasteiger partial charge in [-0.05, 0) is 36.0 Å².